The Kier molecular flexibility index (Phi) is 12.5. The average molecular weight is 246 g/mol. The van der Waals surface area contributed by atoms with Gasteiger partial charge in [0.15, 0.2) is 0 Å². The minimum Gasteiger partial charge on any atom is -0.550 e. The second-order valence-corrected chi connectivity index (χ2v) is 2.54. The fourth-order valence-corrected chi connectivity index (χ4v) is 0.873. The van der Waals surface area contributed by atoms with Crippen molar-refractivity contribution in [2.24, 2.45) is 0 Å². The molecule has 67 valence electrons. The smallest absolute Gasteiger partial charge is 0.550 e. The summed E-state index contributed by atoms with van der Waals surface area (Å²) in [6.45, 7) is 2.14. The van der Waals surface area contributed by atoms with Gasteiger partial charge < -0.3 is 9.90 Å². The molecule has 3 heteroatoms. The fraction of sp³-hybridized carbons (Fsp3) is 0.875. The Morgan fingerprint density at radius 3 is 2.18 bits per heavy atom. The molecule has 0 fully saturated rings. The van der Waals surface area contributed by atoms with E-state index in [1.165, 1.54) is 12.8 Å². The number of carbonyl (C=O) groups is 1. The first-order valence-electron chi connectivity index (χ1n) is 3.97. The topological polar surface area (TPSA) is 40.1 Å². The van der Waals surface area contributed by atoms with E-state index in [0.29, 0.717) is 0 Å². The van der Waals surface area contributed by atoms with Gasteiger partial charge >= 0.3 is 19.5 Å². The van der Waals surface area contributed by atoms with Crippen LogP contribution in [-0.2, 0) is 24.3 Å². The van der Waals surface area contributed by atoms with Crippen molar-refractivity contribution in [1.82, 2.24) is 0 Å². The predicted molar refractivity (Wildman–Crippen MR) is 38.4 cm³/mol. The third-order valence-electron chi connectivity index (χ3n) is 1.48. The normalized spacial score (nSPS) is 8.82. The molecule has 1 radical (unpaired) electrons. The Hall–Kier alpha value is 0.0934. The van der Waals surface area contributed by atoms with Crippen LogP contribution in [0.1, 0.15) is 45.4 Å². The summed E-state index contributed by atoms with van der Waals surface area (Å²) >= 11 is 0. The van der Waals surface area contributed by atoms with Crippen molar-refractivity contribution in [3.8, 4) is 0 Å². The van der Waals surface area contributed by atoms with Gasteiger partial charge in [-0.15, -0.1) is 0 Å². The van der Waals surface area contributed by atoms with Crippen molar-refractivity contribution in [3.05, 3.63) is 0 Å². The maximum Gasteiger partial charge on any atom is 2.00 e. The number of hydrogen-bond acceptors (Lipinski definition) is 2. The number of carbonyl (C=O) groups excluding carboxylic acids is 1. The van der Waals surface area contributed by atoms with Crippen molar-refractivity contribution in [2.45, 2.75) is 45.4 Å². The van der Waals surface area contributed by atoms with Crippen LogP contribution in [0.4, 0.5) is 0 Å². The van der Waals surface area contributed by atoms with E-state index in [4.69, 9.17) is 0 Å². The van der Waals surface area contributed by atoms with Crippen LogP contribution in [-0.4, -0.2) is 5.97 Å². The Morgan fingerprint density at radius 2 is 1.73 bits per heavy atom. The van der Waals surface area contributed by atoms with E-state index in [-0.39, 0.29) is 25.9 Å². The van der Waals surface area contributed by atoms with Gasteiger partial charge in [-0.3, -0.25) is 0 Å². The average Bonchev–Trinajstić information content (AvgIpc) is 1.87. The van der Waals surface area contributed by atoms with Gasteiger partial charge in [-0.25, -0.2) is 0 Å². The van der Waals surface area contributed by atoms with Gasteiger partial charge in [0, 0.05) is 5.97 Å². The summed E-state index contributed by atoms with van der Waals surface area (Å²) in [6.07, 6.45) is 5.61. The summed E-state index contributed by atoms with van der Waals surface area (Å²) in [5.41, 5.74) is 0. The molecule has 0 unspecified atom stereocenters. The standard InChI is InChI=1S/C8H16O2.Rh/c1-2-3-4-5-6-7-8(9)10;/h2-7H2,1H3,(H,9,10);/q;+2/p-1. The summed E-state index contributed by atoms with van der Waals surface area (Å²) in [5.74, 6) is -0.920. The minimum atomic E-state index is -0.920. The molecule has 0 aliphatic heterocycles. The van der Waals surface area contributed by atoms with E-state index >= 15 is 0 Å². The second-order valence-electron chi connectivity index (χ2n) is 2.54. The molecule has 0 saturated carbocycles. The molecule has 0 aliphatic carbocycles. The molecule has 0 amide bonds. The second kappa shape index (κ2) is 10.1. The van der Waals surface area contributed by atoms with Gasteiger partial charge in [-0.05, 0) is 12.8 Å². The molecule has 11 heavy (non-hydrogen) atoms. The summed E-state index contributed by atoms with van der Waals surface area (Å²) in [5, 5.41) is 9.92. The van der Waals surface area contributed by atoms with Gasteiger partial charge in [-0.2, -0.15) is 0 Å². The van der Waals surface area contributed by atoms with Crippen molar-refractivity contribution in [3.63, 3.8) is 0 Å². The van der Waals surface area contributed by atoms with Gasteiger partial charge in [0.2, 0.25) is 0 Å². The summed E-state index contributed by atoms with van der Waals surface area (Å²) < 4.78 is 0. The monoisotopic (exact) mass is 246 g/mol. The summed E-state index contributed by atoms with van der Waals surface area (Å²) in [4.78, 5) is 9.92. The number of unbranched alkanes of at least 4 members (excludes halogenated alkanes) is 4. The van der Waals surface area contributed by atoms with Crippen LogP contribution in [0.5, 0.6) is 0 Å². The SMILES string of the molecule is CCCCCCCC(=O)[O-].[Rh+2]. The first-order valence-corrected chi connectivity index (χ1v) is 3.97. The summed E-state index contributed by atoms with van der Waals surface area (Å²) in [7, 11) is 0. The van der Waals surface area contributed by atoms with Crippen LogP contribution >= 0.6 is 0 Å². The Bertz CT molecular complexity index is 94.1. The van der Waals surface area contributed by atoms with Crippen molar-refractivity contribution >= 4 is 5.97 Å². The van der Waals surface area contributed by atoms with E-state index in [1.807, 2.05) is 0 Å². The quantitative estimate of drug-likeness (QED) is 0.520. The van der Waals surface area contributed by atoms with E-state index in [2.05, 4.69) is 6.92 Å². The van der Waals surface area contributed by atoms with Crippen LogP contribution in [0.2, 0.25) is 0 Å². The molecular formula is C8H15O2Rh+. The van der Waals surface area contributed by atoms with E-state index < -0.39 is 5.97 Å². The maximum absolute atomic E-state index is 9.92. The minimum absolute atomic E-state index is 0. The van der Waals surface area contributed by atoms with Gasteiger partial charge in [0.1, 0.15) is 0 Å². The fourth-order valence-electron chi connectivity index (χ4n) is 0.873. The van der Waals surface area contributed by atoms with Crippen LogP contribution in [0.25, 0.3) is 0 Å². The zero-order valence-corrected chi connectivity index (χ0v) is 8.53. The molecule has 0 bridgehead atoms. The molecule has 0 heterocycles. The van der Waals surface area contributed by atoms with Crippen molar-refractivity contribution in [2.75, 3.05) is 0 Å². The molecule has 0 N–H and O–H groups in total. The van der Waals surface area contributed by atoms with E-state index in [9.17, 15) is 9.90 Å². The van der Waals surface area contributed by atoms with Crippen molar-refractivity contribution < 1.29 is 29.4 Å². The number of hydrogen-bond donors (Lipinski definition) is 0. The maximum atomic E-state index is 9.92. The Morgan fingerprint density at radius 1 is 1.18 bits per heavy atom. The molecule has 0 saturated heterocycles. The number of carboxylic acids is 1. The molecule has 0 atom stereocenters. The van der Waals surface area contributed by atoms with Gasteiger partial charge in [0.05, 0.1) is 0 Å². The van der Waals surface area contributed by atoms with E-state index in [0.717, 1.165) is 19.3 Å². The predicted octanol–water partition coefficient (Wildman–Crippen LogP) is 1.09. The molecule has 0 spiro atoms. The zero-order valence-electron chi connectivity index (χ0n) is 6.89. The molecule has 2 nitrogen and oxygen atoms in total. The zero-order chi connectivity index (χ0) is 7.82. The first-order chi connectivity index (χ1) is 4.77. The Balaban J connectivity index is 0. The van der Waals surface area contributed by atoms with E-state index in [1.54, 1.807) is 0 Å². The third-order valence-corrected chi connectivity index (χ3v) is 1.48. The third kappa shape index (κ3) is 13.1. The molecule has 0 rings (SSSR count). The molecular weight excluding hydrogens is 231 g/mol. The number of aliphatic carboxylic acids is 1. The van der Waals surface area contributed by atoms with Crippen LogP contribution < -0.4 is 5.11 Å². The molecule has 0 aromatic rings. The van der Waals surface area contributed by atoms with Crippen LogP contribution in [0.3, 0.4) is 0 Å². The van der Waals surface area contributed by atoms with Crippen LogP contribution in [0.15, 0.2) is 0 Å². The number of rotatable bonds is 6. The van der Waals surface area contributed by atoms with Gasteiger partial charge in [-0.1, -0.05) is 32.6 Å². The largest absolute Gasteiger partial charge is 2.00 e. The first kappa shape index (κ1) is 13.7. The molecule has 0 aromatic carbocycles. The Labute approximate surface area is 81.1 Å². The van der Waals surface area contributed by atoms with Gasteiger partial charge in [0.25, 0.3) is 0 Å². The van der Waals surface area contributed by atoms with Crippen molar-refractivity contribution in [1.29, 1.82) is 0 Å². The molecule has 0 aliphatic rings. The molecule has 0 aromatic heterocycles. The summed E-state index contributed by atoms with van der Waals surface area (Å²) in [6, 6.07) is 0. The van der Waals surface area contributed by atoms with Crippen LogP contribution in [0, 0.1) is 0 Å². The number of carboxylic acid groups (broad SMARTS) is 1.